The van der Waals surface area contributed by atoms with Crippen molar-refractivity contribution in [2.45, 2.75) is 57.7 Å². The van der Waals surface area contributed by atoms with Gasteiger partial charge >= 0.3 is 5.97 Å². The van der Waals surface area contributed by atoms with Crippen molar-refractivity contribution < 1.29 is 26.8 Å². The number of thiazole rings is 1. The molecule has 3 unspecified atom stereocenters. The summed E-state index contributed by atoms with van der Waals surface area (Å²) in [5.41, 5.74) is 1.23. The molecule has 14 heteroatoms. The van der Waals surface area contributed by atoms with Gasteiger partial charge in [0.15, 0.2) is 10.8 Å². The van der Waals surface area contributed by atoms with E-state index in [1.54, 1.807) is 13.1 Å². The lowest BCUT2D eigenvalue weighted by molar-refractivity contribution is -0.139. The van der Waals surface area contributed by atoms with Crippen LogP contribution in [0.4, 0.5) is 4.39 Å². The molecule has 1 N–H and O–H groups in total. The van der Waals surface area contributed by atoms with E-state index in [9.17, 15) is 17.6 Å². The van der Waals surface area contributed by atoms with Crippen LogP contribution in [0.25, 0.3) is 0 Å². The van der Waals surface area contributed by atoms with Crippen LogP contribution in [0.3, 0.4) is 0 Å². The van der Waals surface area contributed by atoms with Gasteiger partial charge in [-0.05, 0) is 47.3 Å². The summed E-state index contributed by atoms with van der Waals surface area (Å²) in [4.78, 5) is 23.3. The molecule has 0 saturated carbocycles. The number of nitrogens with one attached hydrogen (secondary N) is 1. The van der Waals surface area contributed by atoms with Gasteiger partial charge in [0, 0.05) is 46.4 Å². The number of esters is 1. The molecule has 0 aliphatic carbocycles. The van der Waals surface area contributed by atoms with Crippen LogP contribution in [0, 0.1) is 11.7 Å². The van der Waals surface area contributed by atoms with Gasteiger partial charge in [-0.15, -0.1) is 11.3 Å². The molecule has 4 aromatic rings. The molecular formula is C39H44ClFN4O5S2Si. The number of amidine groups is 1. The minimum atomic E-state index is -3.65. The van der Waals surface area contributed by atoms with Crippen molar-refractivity contribution in [1.82, 2.24) is 14.6 Å². The molecule has 53 heavy (non-hydrogen) atoms. The number of sulfonamides is 1. The number of piperidine rings is 1. The van der Waals surface area contributed by atoms with Crippen molar-refractivity contribution in [1.29, 1.82) is 0 Å². The van der Waals surface area contributed by atoms with Gasteiger partial charge in [-0.1, -0.05) is 99.1 Å². The molecule has 2 aliphatic rings. The molecule has 0 amide bonds. The number of nitrogens with zero attached hydrogens (tertiary/aromatic N) is 3. The molecule has 1 aromatic heterocycles. The van der Waals surface area contributed by atoms with Crippen LogP contribution in [0.15, 0.2) is 107 Å². The van der Waals surface area contributed by atoms with E-state index in [-0.39, 0.29) is 41.3 Å². The summed E-state index contributed by atoms with van der Waals surface area (Å²) in [6.07, 6.45) is 3.64. The van der Waals surface area contributed by atoms with Crippen molar-refractivity contribution in [3.63, 3.8) is 0 Å². The Bertz CT molecular complexity index is 2060. The maximum absolute atomic E-state index is 14.3. The topological polar surface area (TPSA) is 110 Å². The lowest BCUT2D eigenvalue weighted by Gasteiger charge is -2.46. The molecule has 1 fully saturated rings. The molecule has 3 atom stereocenters. The van der Waals surface area contributed by atoms with Gasteiger partial charge in [0.1, 0.15) is 11.9 Å². The number of carbonyl (C=O) groups excluding carboxylic acids is 1. The van der Waals surface area contributed by atoms with Crippen LogP contribution in [0.1, 0.15) is 57.1 Å². The molecule has 1 saturated heterocycles. The maximum atomic E-state index is 14.3. The standard InChI is InChI=1S/C39H44ClFN4O5S2Si/c1-6-49-38(46)33-34(43-36(37-42-20-22-51-37)44-35(33)31-18-17-27(41)24-32(31)40)26-19-21-45(52(5,47)48)28(23-26)25-50-53(39(2,3)4,29-13-9-7-10-14-29)30-15-11-8-12-16-30/h7-18,20,22,24,26,28,35H,6,19,21,23,25H2,1-5H3,(H,43,44). The van der Waals surface area contributed by atoms with Gasteiger partial charge in [0.25, 0.3) is 8.32 Å². The number of allylic oxidation sites excluding steroid dienone is 1. The second kappa shape index (κ2) is 15.9. The van der Waals surface area contributed by atoms with Crippen molar-refractivity contribution in [3.05, 3.63) is 123 Å². The lowest BCUT2D eigenvalue weighted by atomic mass is 9.84. The van der Waals surface area contributed by atoms with Gasteiger partial charge in [-0.2, -0.15) is 4.31 Å². The summed E-state index contributed by atoms with van der Waals surface area (Å²) < 4.78 is 55.5. The first-order valence-corrected chi connectivity index (χ1v) is 22.6. The second-order valence-electron chi connectivity index (χ2n) is 14.3. The first kappa shape index (κ1) is 39.0. The Kier molecular flexibility index (Phi) is 11.7. The minimum absolute atomic E-state index is 0.115. The highest BCUT2D eigenvalue weighted by Gasteiger charge is 2.51. The Labute approximate surface area is 321 Å². The van der Waals surface area contributed by atoms with Crippen molar-refractivity contribution in [2.75, 3.05) is 26.0 Å². The average Bonchev–Trinajstić information content (AvgIpc) is 3.67. The SMILES string of the molecule is CCOC(=O)C1=C(C2CCN(S(C)(=O)=O)C(CO[Si](c3ccccc3)(c3ccccc3)C(C)(C)C)C2)NC(c2nccs2)=NC1c1ccc(F)cc1Cl. The van der Waals surface area contributed by atoms with Gasteiger partial charge < -0.3 is 14.5 Å². The lowest BCUT2D eigenvalue weighted by Crippen LogP contribution is -2.67. The van der Waals surface area contributed by atoms with E-state index < -0.39 is 42.2 Å². The molecule has 3 aromatic carbocycles. The highest BCUT2D eigenvalue weighted by atomic mass is 35.5. The predicted molar refractivity (Wildman–Crippen MR) is 211 cm³/mol. The Morgan fingerprint density at radius 3 is 2.28 bits per heavy atom. The molecular weight excluding hydrogens is 751 g/mol. The number of hydrogen-bond donors (Lipinski definition) is 1. The number of halogens is 2. The highest BCUT2D eigenvalue weighted by molar-refractivity contribution is 7.88. The summed E-state index contributed by atoms with van der Waals surface area (Å²) in [5.74, 6) is -1.02. The zero-order valence-corrected chi connectivity index (χ0v) is 33.8. The monoisotopic (exact) mass is 794 g/mol. The molecule has 0 radical (unpaired) electrons. The van der Waals surface area contributed by atoms with Crippen LogP contribution in [-0.2, 0) is 24.0 Å². The van der Waals surface area contributed by atoms with E-state index >= 15 is 0 Å². The van der Waals surface area contributed by atoms with E-state index in [0.29, 0.717) is 34.9 Å². The van der Waals surface area contributed by atoms with Crippen LogP contribution >= 0.6 is 22.9 Å². The van der Waals surface area contributed by atoms with Crippen LogP contribution in [-0.4, -0.2) is 69.9 Å². The van der Waals surface area contributed by atoms with E-state index in [2.05, 4.69) is 55.3 Å². The average molecular weight is 795 g/mol. The smallest absolute Gasteiger partial charge is 0.338 e. The number of aliphatic imine (C=N–C) groups is 1. The third kappa shape index (κ3) is 8.06. The zero-order chi connectivity index (χ0) is 38.0. The van der Waals surface area contributed by atoms with E-state index in [1.807, 2.05) is 41.8 Å². The number of ether oxygens (including phenoxy) is 1. The minimum Gasteiger partial charge on any atom is -0.463 e. The fourth-order valence-electron chi connectivity index (χ4n) is 7.58. The third-order valence-electron chi connectivity index (χ3n) is 9.87. The van der Waals surface area contributed by atoms with Crippen molar-refractivity contribution in [2.24, 2.45) is 10.9 Å². The van der Waals surface area contributed by atoms with Crippen molar-refractivity contribution >= 4 is 63.5 Å². The Morgan fingerprint density at radius 2 is 1.74 bits per heavy atom. The fraction of sp³-hybridized carbons (Fsp3) is 0.359. The molecule has 2 aliphatic heterocycles. The molecule has 0 bridgehead atoms. The van der Waals surface area contributed by atoms with Crippen LogP contribution in [0.2, 0.25) is 10.1 Å². The first-order chi connectivity index (χ1) is 25.2. The summed E-state index contributed by atoms with van der Waals surface area (Å²) in [6.45, 7) is 8.70. The second-order valence-corrected chi connectivity index (χ2v) is 21.8. The van der Waals surface area contributed by atoms with Gasteiger partial charge in [0.2, 0.25) is 10.0 Å². The van der Waals surface area contributed by atoms with E-state index in [1.165, 1.54) is 40.1 Å². The number of hydrogen-bond acceptors (Lipinski definition) is 9. The summed E-state index contributed by atoms with van der Waals surface area (Å²) in [5, 5.41) is 7.80. The normalized spacial score (nSPS) is 20.1. The third-order valence-corrected chi connectivity index (χ3v) is 17.3. The summed E-state index contributed by atoms with van der Waals surface area (Å²) in [7, 11) is -6.69. The zero-order valence-electron chi connectivity index (χ0n) is 30.4. The van der Waals surface area contributed by atoms with Gasteiger partial charge in [0.05, 0.1) is 25.0 Å². The Balaban J connectivity index is 1.45. The van der Waals surface area contributed by atoms with E-state index in [0.717, 1.165) is 10.4 Å². The number of rotatable bonds is 11. The first-order valence-electron chi connectivity index (χ1n) is 17.6. The number of carbonyl (C=O) groups is 1. The highest BCUT2D eigenvalue weighted by Crippen LogP contribution is 2.42. The maximum Gasteiger partial charge on any atom is 0.338 e. The predicted octanol–water partition coefficient (Wildman–Crippen LogP) is 6.46. The Morgan fingerprint density at radius 1 is 1.08 bits per heavy atom. The van der Waals surface area contributed by atoms with Crippen LogP contribution < -0.4 is 15.7 Å². The molecule has 9 nitrogen and oxygen atoms in total. The summed E-state index contributed by atoms with van der Waals surface area (Å²) >= 11 is 8.00. The van der Waals surface area contributed by atoms with Gasteiger partial charge in [-0.25, -0.2) is 22.6 Å². The van der Waals surface area contributed by atoms with E-state index in [4.69, 9.17) is 25.8 Å². The number of aromatic nitrogens is 1. The fourth-order valence-corrected chi connectivity index (χ4v) is 14.2. The Hall–Kier alpha value is -3.72. The quantitative estimate of drug-likeness (QED) is 0.137. The molecule has 3 heterocycles. The van der Waals surface area contributed by atoms with Crippen LogP contribution in [0.5, 0.6) is 0 Å². The number of benzene rings is 3. The molecule has 0 spiro atoms. The largest absolute Gasteiger partial charge is 0.463 e. The van der Waals surface area contributed by atoms with Gasteiger partial charge in [-0.3, -0.25) is 4.99 Å². The van der Waals surface area contributed by atoms with Crippen molar-refractivity contribution in [3.8, 4) is 0 Å². The molecule has 6 rings (SSSR count). The molecule has 280 valence electrons. The summed E-state index contributed by atoms with van der Waals surface area (Å²) in [6, 6.07) is 22.9.